The minimum Gasteiger partial charge on any atom is -0.481 e. The molecule has 6 nitrogen and oxygen atoms in total. The number of amides is 1. The van der Waals surface area contributed by atoms with Crippen LogP contribution in [0.1, 0.15) is 33.3 Å². The molecule has 0 bridgehead atoms. The van der Waals surface area contributed by atoms with Crippen LogP contribution in [0.15, 0.2) is 18.2 Å². The summed E-state index contributed by atoms with van der Waals surface area (Å²) in [6.07, 6.45) is 0. The number of aromatic nitrogens is 1. The Morgan fingerprint density at radius 2 is 2.12 bits per heavy atom. The number of rotatable bonds is 6. The fourth-order valence-corrected chi connectivity index (χ4v) is 2.79. The molecule has 1 heterocycles. The number of thiazole rings is 1. The Labute approximate surface area is 140 Å². The molecule has 1 unspecified atom stereocenters. The summed E-state index contributed by atoms with van der Waals surface area (Å²) in [4.78, 5) is 27.0. The highest BCUT2D eigenvalue weighted by Crippen LogP contribution is 2.23. The third kappa shape index (κ3) is 4.25. The maximum Gasteiger partial charge on any atom is 0.347 e. The van der Waals surface area contributed by atoms with E-state index in [0.717, 1.165) is 23.5 Å². The highest BCUT2D eigenvalue weighted by Gasteiger charge is 2.19. The molecule has 2 rings (SSSR count). The van der Waals surface area contributed by atoms with E-state index in [1.54, 1.807) is 13.8 Å². The van der Waals surface area contributed by atoms with Crippen LogP contribution in [0.2, 0.25) is 0 Å². The zero-order chi connectivity index (χ0) is 17.9. The molecule has 0 radical (unpaired) electrons. The average molecular weight is 356 g/mol. The van der Waals surface area contributed by atoms with E-state index >= 15 is 0 Å². The van der Waals surface area contributed by atoms with E-state index in [9.17, 15) is 18.4 Å². The molecule has 0 saturated carbocycles. The van der Waals surface area contributed by atoms with E-state index in [0.29, 0.717) is 16.8 Å². The Balaban J connectivity index is 1.94. The van der Waals surface area contributed by atoms with Crippen LogP contribution in [0.25, 0.3) is 0 Å². The van der Waals surface area contributed by atoms with Crippen molar-refractivity contribution in [2.75, 3.05) is 6.61 Å². The van der Waals surface area contributed by atoms with Gasteiger partial charge in [-0.25, -0.2) is 18.6 Å². The van der Waals surface area contributed by atoms with Crippen molar-refractivity contribution in [2.24, 2.45) is 0 Å². The van der Waals surface area contributed by atoms with E-state index in [1.165, 1.54) is 0 Å². The second kappa shape index (κ2) is 7.35. The maximum absolute atomic E-state index is 13.4. The molecular weight excluding hydrogens is 342 g/mol. The third-order valence-electron chi connectivity index (χ3n) is 3.01. The molecule has 9 heteroatoms. The van der Waals surface area contributed by atoms with Gasteiger partial charge in [-0.05, 0) is 26.0 Å². The number of benzene rings is 1. The summed E-state index contributed by atoms with van der Waals surface area (Å²) in [6.45, 7) is 2.74. The Bertz CT molecular complexity index is 779. The molecule has 0 spiro atoms. The summed E-state index contributed by atoms with van der Waals surface area (Å²) < 4.78 is 31.2. The van der Waals surface area contributed by atoms with Crippen molar-refractivity contribution in [3.05, 3.63) is 45.4 Å². The van der Waals surface area contributed by atoms with Crippen molar-refractivity contribution in [3.8, 4) is 5.75 Å². The van der Waals surface area contributed by atoms with Crippen LogP contribution in [-0.2, 0) is 4.79 Å². The summed E-state index contributed by atoms with van der Waals surface area (Å²) in [5.74, 6) is -3.51. The normalized spacial score (nSPS) is 11.8. The molecule has 0 aliphatic carbocycles. The van der Waals surface area contributed by atoms with E-state index in [-0.39, 0.29) is 10.6 Å². The molecule has 128 valence electrons. The number of halogens is 2. The molecule has 1 atom stereocenters. The van der Waals surface area contributed by atoms with Gasteiger partial charge in [-0.1, -0.05) is 0 Å². The number of nitrogens with one attached hydrogen (secondary N) is 1. The SMILES string of the molecule is Cc1nc(C(C)NC(=O)COc2ccc(F)cc2F)sc1C(=O)O. The van der Waals surface area contributed by atoms with Crippen molar-refractivity contribution in [3.63, 3.8) is 0 Å². The summed E-state index contributed by atoms with van der Waals surface area (Å²) >= 11 is 0.968. The summed E-state index contributed by atoms with van der Waals surface area (Å²) in [7, 11) is 0. The first-order valence-corrected chi connectivity index (χ1v) is 7.67. The van der Waals surface area contributed by atoms with E-state index in [2.05, 4.69) is 10.3 Å². The quantitative estimate of drug-likeness (QED) is 0.831. The molecule has 2 aromatic rings. The van der Waals surface area contributed by atoms with Gasteiger partial charge in [0.25, 0.3) is 5.91 Å². The number of carboxylic acid groups (broad SMARTS) is 1. The lowest BCUT2D eigenvalue weighted by molar-refractivity contribution is -0.123. The molecule has 1 aromatic heterocycles. The van der Waals surface area contributed by atoms with Crippen LogP contribution < -0.4 is 10.1 Å². The van der Waals surface area contributed by atoms with Crippen LogP contribution in [0.3, 0.4) is 0 Å². The topological polar surface area (TPSA) is 88.5 Å². The molecule has 0 aliphatic rings. The van der Waals surface area contributed by atoms with Gasteiger partial charge in [0.2, 0.25) is 0 Å². The average Bonchev–Trinajstić information content (AvgIpc) is 2.88. The summed E-state index contributed by atoms with van der Waals surface area (Å²) in [5.41, 5.74) is 0.369. The predicted molar refractivity (Wildman–Crippen MR) is 82.2 cm³/mol. The number of aryl methyl sites for hydroxylation is 1. The first-order chi connectivity index (χ1) is 11.3. The molecule has 24 heavy (non-hydrogen) atoms. The lowest BCUT2D eigenvalue weighted by atomic mass is 10.3. The minimum absolute atomic E-state index is 0.107. The van der Waals surface area contributed by atoms with Crippen molar-refractivity contribution in [2.45, 2.75) is 19.9 Å². The second-order valence-electron chi connectivity index (χ2n) is 4.92. The lowest BCUT2D eigenvalue weighted by Crippen LogP contribution is -2.31. The predicted octanol–water partition coefficient (Wildman–Crippen LogP) is 2.68. The number of carboxylic acids is 1. The molecule has 0 aliphatic heterocycles. The number of nitrogens with zero attached hydrogens (tertiary/aromatic N) is 1. The van der Waals surface area contributed by atoms with Crippen molar-refractivity contribution in [1.82, 2.24) is 10.3 Å². The zero-order valence-electron chi connectivity index (χ0n) is 12.8. The number of carbonyl (C=O) groups is 2. The number of ether oxygens (including phenoxy) is 1. The Hall–Kier alpha value is -2.55. The van der Waals surface area contributed by atoms with Crippen LogP contribution in [-0.4, -0.2) is 28.6 Å². The standard InChI is InChI=1S/C15H14F2N2O4S/c1-7-13(15(21)22)24-14(19-7)8(2)18-12(20)6-23-11-4-3-9(16)5-10(11)17/h3-5,8H,6H2,1-2H3,(H,18,20)(H,21,22). The Morgan fingerprint density at radius 3 is 2.71 bits per heavy atom. The van der Waals surface area contributed by atoms with Gasteiger partial charge in [0, 0.05) is 6.07 Å². The molecule has 1 aromatic carbocycles. The smallest absolute Gasteiger partial charge is 0.347 e. The fraction of sp³-hybridized carbons (Fsp3) is 0.267. The minimum atomic E-state index is -1.08. The monoisotopic (exact) mass is 356 g/mol. The van der Waals surface area contributed by atoms with Crippen LogP contribution in [0.4, 0.5) is 8.78 Å². The molecule has 1 amide bonds. The number of hydrogen-bond donors (Lipinski definition) is 2. The molecule has 0 saturated heterocycles. The Kier molecular flexibility index (Phi) is 5.45. The van der Waals surface area contributed by atoms with E-state index < -0.39 is 36.2 Å². The first-order valence-electron chi connectivity index (χ1n) is 6.85. The van der Waals surface area contributed by atoms with Crippen molar-refractivity contribution in [1.29, 1.82) is 0 Å². The number of hydrogen-bond acceptors (Lipinski definition) is 5. The maximum atomic E-state index is 13.4. The van der Waals surface area contributed by atoms with Crippen LogP contribution in [0.5, 0.6) is 5.75 Å². The van der Waals surface area contributed by atoms with Gasteiger partial charge >= 0.3 is 5.97 Å². The highest BCUT2D eigenvalue weighted by atomic mass is 32.1. The molecule has 0 fully saturated rings. The number of carbonyl (C=O) groups excluding carboxylic acids is 1. The summed E-state index contributed by atoms with van der Waals surface area (Å²) in [5, 5.41) is 12.0. The van der Waals surface area contributed by atoms with Gasteiger partial charge < -0.3 is 15.2 Å². The zero-order valence-corrected chi connectivity index (χ0v) is 13.6. The van der Waals surface area contributed by atoms with Gasteiger partial charge in [0.05, 0.1) is 11.7 Å². The first kappa shape index (κ1) is 17.8. The summed E-state index contributed by atoms with van der Waals surface area (Å²) in [6, 6.07) is 2.23. The van der Waals surface area contributed by atoms with Crippen LogP contribution >= 0.6 is 11.3 Å². The second-order valence-corrected chi connectivity index (χ2v) is 5.96. The lowest BCUT2D eigenvalue weighted by Gasteiger charge is -2.12. The van der Waals surface area contributed by atoms with Crippen LogP contribution in [0, 0.1) is 18.6 Å². The van der Waals surface area contributed by atoms with Crippen molar-refractivity contribution >= 4 is 23.2 Å². The number of aromatic carboxylic acids is 1. The highest BCUT2D eigenvalue weighted by molar-refractivity contribution is 7.13. The molecule has 2 N–H and O–H groups in total. The van der Waals surface area contributed by atoms with Gasteiger partial charge in [0.1, 0.15) is 15.7 Å². The van der Waals surface area contributed by atoms with Gasteiger partial charge in [-0.2, -0.15) is 0 Å². The fourth-order valence-electron chi connectivity index (χ4n) is 1.88. The van der Waals surface area contributed by atoms with Crippen molar-refractivity contribution < 1.29 is 28.2 Å². The third-order valence-corrected chi connectivity index (χ3v) is 4.34. The molecular formula is C15H14F2N2O4S. The Morgan fingerprint density at radius 1 is 1.42 bits per heavy atom. The van der Waals surface area contributed by atoms with Gasteiger partial charge in [0.15, 0.2) is 18.2 Å². The largest absolute Gasteiger partial charge is 0.481 e. The van der Waals surface area contributed by atoms with E-state index in [1.807, 2.05) is 0 Å². The van der Waals surface area contributed by atoms with Gasteiger partial charge in [-0.15, -0.1) is 11.3 Å². The van der Waals surface area contributed by atoms with Gasteiger partial charge in [-0.3, -0.25) is 4.79 Å². The van der Waals surface area contributed by atoms with E-state index in [4.69, 9.17) is 9.84 Å².